The molecule has 1 rings (SSSR count). The van der Waals surface area contributed by atoms with Gasteiger partial charge in [-0.25, -0.2) is 4.79 Å². The molecule has 1 aromatic rings. The zero-order chi connectivity index (χ0) is 21.2. The van der Waals surface area contributed by atoms with Crippen molar-refractivity contribution < 1.29 is 14.3 Å². The Hall–Kier alpha value is -3.46. The number of esters is 1. The maximum Gasteiger partial charge on any atom is 0.330 e. The topological polar surface area (TPSA) is 84.0 Å². The number of unbranched alkanes of at least 4 members (excludes halogenated alkanes) is 3. The van der Waals surface area contributed by atoms with Gasteiger partial charge in [-0.05, 0) is 62.1 Å². The number of nitriles is 1. The van der Waals surface area contributed by atoms with E-state index in [1.807, 2.05) is 12.2 Å². The second kappa shape index (κ2) is 15.6. The number of carbonyl (C=O) groups is 1. The molecule has 29 heavy (non-hydrogen) atoms. The van der Waals surface area contributed by atoms with Gasteiger partial charge in [0.1, 0.15) is 5.76 Å². The quantitative estimate of drug-likeness (QED) is 0.103. The van der Waals surface area contributed by atoms with E-state index in [0.29, 0.717) is 36.8 Å². The number of ether oxygens (including phenoxy) is 2. The average molecular weight is 393 g/mol. The monoisotopic (exact) mass is 393 g/mol. The van der Waals surface area contributed by atoms with E-state index in [-0.39, 0.29) is 5.97 Å². The van der Waals surface area contributed by atoms with Crippen LogP contribution in [0.15, 0.2) is 83.8 Å². The summed E-state index contributed by atoms with van der Waals surface area (Å²) < 4.78 is 10.7. The van der Waals surface area contributed by atoms with E-state index in [9.17, 15) is 4.79 Å². The molecular formula is C23H27N3O3. The summed E-state index contributed by atoms with van der Waals surface area (Å²) in [5, 5.41) is 17.0. The molecule has 0 fully saturated rings. The molecule has 0 amide bonds. The predicted octanol–water partition coefficient (Wildman–Crippen LogP) is 5.57. The van der Waals surface area contributed by atoms with E-state index in [0.717, 1.165) is 25.7 Å². The lowest BCUT2D eigenvalue weighted by molar-refractivity contribution is -0.137. The molecule has 0 radical (unpaired) electrons. The second-order valence-corrected chi connectivity index (χ2v) is 5.92. The number of nitrogens with zero attached hydrogens (tertiary/aromatic N) is 3. The van der Waals surface area contributed by atoms with Crippen LogP contribution in [0.1, 0.15) is 31.2 Å². The van der Waals surface area contributed by atoms with Crippen LogP contribution in [-0.4, -0.2) is 25.7 Å². The van der Waals surface area contributed by atoms with Crippen LogP contribution in [0.5, 0.6) is 0 Å². The summed E-state index contributed by atoms with van der Waals surface area (Å²) in [6, 6.07) is 8.97. The molecule has 1 aromatic carbocycles. The first-order valence-electron chi connectivity index (χ1n) is 9.48. The number of hydrogen-bond donors (Lipinski definition) is 0. The molecular weight excluding hydrogens is 366 g/mol. The first kappa shape index (κ1) is 23.6. The summed E-state index contributed by atoms with van der Waals surface area (Å²) in [5.74, 6) is 0.337. The molecule has 0 aliphatic carbocycles. The third-order valence-electron chi connectivity index (χ3n) is 3.65. The molecule has 0 saturated carbocycles. The summed E-state index contributed by atoms with van der Waals surface area (Å²) in [7, 11) is 0. The van der Waals surface area contributed by atoms with Crippen molar-refractivity contribution in [2.24, 2.45) is 10.2 Å². The molecule has 0 saturated heterocycles. The molecule has 0 heterocycles. The number of allylic oxidation sites excluding steroid dienone is 3. The Balaban J connectivity index is 2.23. The lowest BCUT2D eigenvalue weighted by Gasteiger charge is -2.06. The zero-order valence-electron chi connectivity index (χ0n) is 16.6. The van der Waals surface area contributed by atoms with Crippen molar-refractivity contribution >= 4 is 11.7 Å². The lowest BCUT2D eigenvalue weighted by atomic mass is 10.2. The molecule has 0 N–H and O–H groups in total. The summed E-state index contributed by atoms with van der Waals surface area (Å²) in [5.41, 5.74) is 1.30. The maximum atomic E-state index is 10.9. The van der Waals surface area contributed by atoms with Crippen molar-refractivity contribution in [3.05, 3.63) is 79.1 Å². The van der Waals surface area contributed by atoms with Crippen molar-refractivity contribution in [3.8, 4) is 6.07 Å². The van der Waals surface area contributed by atoms with Crippen LogP contribution in [-0.2, 0) is 14.3 Å². The standard InChI is InChI=1S/C23H27N3O3/c1-3-10-22(28-17-7-5-6-8-18-29-23(27)4-2)11-9-16-25-26-21-14-12-20(19-24)13-15-21/h3-4,9-15H,1-2,5-8,16-18H2/b11-9-,22-10+,26-25?. The van der Waals surface area contributed by atoms with Gasteiger partial charge in [0, 0.05) is 6.08 Å². The third-order valence-corrected chi connectivity index (χ3v) is 3.65. The van der Waals surface area contributed by atoms with Crippen LogP contribution < -0.4 is 0 Å². The van der Waals surface area contributed by atoms with Crippen LogP contribution in [0, 0.1) is 11.3 Å². The second-order valence-electron chi connectivity index (χ2n) is 5.92. The Bertz CT molecular complexity index is 772. The Labute approximate surface area is 172 Å². The van der Waals surface area contributed by atoms with Gasteiger partial charge in [0.2, 0.25) is 0 Å². The van der Waals surface area contributed by atoms with Gasteiger partial charge >= 0.3 is 5.97 Å². The van der Waals surface area contributed by atoms with Gasteiger partial charge in [-0.1, -0.05) is 25.3 Å². The van der Waals surface area contributed by atoms with E-state index >= 15 is 0 Å². The van der Waals surface area contributed by atoms with Crippen molar-refractivity contribution in [2.45, 2.75) is 25.7 Å². The summed E-state index contributed by atoms with van der Waals surface area (Å²) in [4.78, 5) is 10.9. The van der Waals surface area contributed by atoms with Gasteiger partial charge in [-0.15, -0.1) is 0 Å². The number of azo groups is 1. The number of hydrogen-bond acceptors (Lipinski definition) is 6. The summed E-state index contributed by atoms with van der Waals surface area (Å²) in [6.07, 6.45) is 12.0. The molecule has 0 bridgehead atoms. The van der Waals surface area contributed by atoms with Crippen molar-refractivity contribution in [2.75, 3.05) is 19.8 Å². The fourth-order valence-corrected chi connectivity index (χ4v) is 2.19. The predicted molar refractivity (Wildman–Crippen MR) is 114 cm³/mol. The fourth-order valence-electron chi connectivity index (χ4n) is 2.19. The average Bonchev–Trinajstić information content (AvgIpc) is 2.75. The van der Waals surface area contributed by atoms with Gasteiger partial charge in [-0.3, -0.25) is 0 Å². The van der Waals surface area contributed by atoms with Crippen LogP contribution in [0.4, 0.5) is 5.69 Å². The van der Waals surface area contributed by atoms with Crippen molar-refractivity contribution in [1.29, 1.82) is 5.26 Å². The molecule has 0 spiro atoms. The van der Waals surface area contributed by atoms with Crippen LogP contribution >= 0.6 is 0 Å². The molecule has 0 unspecified atom stereocenters. The zero-order valence-corrected chi connectivity index (χ0v) is 16.6. The highest BCUT2D eigenvalue weighted by Gasteiger charge is 1.97. The van der Waals surface area contributed by atoms with Crippen molar-refractivity contribution in [3.63, 3.8) is 0 Å². The highest BCUT2D eigenvalue weighted by Crippen LogP contribution is 2.13. The van der Waals surface area contributed by atoms with Gasteiger partial charge in [0.25, 0.3) is 0 Å². The fraction of sp³-hybridized carbons (Fsp3) is 0.304. The first-order valence-corrected chi connectivity index (χ1v) is 9.48. The minimum absolute atomic E-state index is 0.379. The Kier molecular flexibility index (Phi) is 12.7. The minimum atomic E-state index is -0.379. The van der Waals surface area contributed by atoms with Gasteiger partial charge in [0.05, 0.1) is 37.1 Å². The molecule has 6 nitrogen and oxygen atoms in total. The molecule has 152 valence electrons. The van der Waals surface area contributed by atoms with E-state index in [2.05, 4.69) is 29.5 Å². The van der Waals surface area contributed by atoms with E-state index < -0.39 is 0 Å². The van der Waals surface area contributed by atoms with Crippen LogP contribution in [0.25, 0.3) is 0 Å². The van der Waals surface area contributed by atoms with Crippen LogP contribution in [0.2, 0.25) is 0 Å². The smallest absolute Gasteiger partial charge is 0.330 e. The highest BCUT2D eigenvalue weighted by atomic mass is 16.5. The van der Waals surface area contributed by atoms with Gasteiger partial charge in [-0.2, -0.15) is 15.5 Å². The molecule has 0 aliphatic rings. The van der Waals surface area contributed by atoms with E-state index in [4.69, 9.17) is 14.7 Å². The molecule has 0 aliphatic heterocycles. The normalized spacial score (nSPS) is 11.3. The molecule has 6 heteroatoms. The maximum absolute atomic E-state index is 10.9. The van der Waals surface area contributed by atoms with Gasteiger partial charge < -0.3 is 9.47 Å². The number of rotatable bonds is 14. The third kappa shape index (κ3) is 11.8. The first-order chi connectivity index (χ1) is 14.2. The summed E-state index contributed by atoms with van der Waals surface area (Å²) >= 11 is 0. The molecule has 0 aromatic heterocycles. The van der Waals surface area contributed by atoms with Crippen LogP contribution in [0.3, 0.4) is 0 Å². The van der Waals surface area contributed by atoms with E-state index in [1.54, 1.807) is 36.4 Å². The largest absolute Gasteiger partial charge is 0.494 e. The summed E-state index contributed by atoms with van der Waals surface area (Å²) in [6.45, 7) is 8.49. The Morgan fingerprint density at radius 2 is 1.76 bits per heavy atom. The SMILES string of the molecule is C=C/C=C(\C=C/CN=Nc1ccc(C#N)cc1)OCCCCCCOC(=O)C=C. The lowest BCUT2D eigenvalue weighted by Crippen LogP contribution is -2.01. The van der Waals surface area contributed by atoms with E-state index in [1.165, 1.54) is 6.08 Å². The minimum Gasteiger partial charge on any atom is -0.494 e. The molecule has 0 atom stereocenters. The Morgan fingerprint density at radius 3 is 2.38 bits per heavy atom. The Morgan fingerprint density at radius 1 is 1.07 bits per heavy atom. The number of carbonyl (C=O) groups excluding carboxylic acids is 1. The highest BCUT2D eigenvalue weighted by molar-refractivity contribution is 5.81. The van der Waals surface area contributed by atoms with Gasteiger partial charge in [0.15, 0.2) is 0 Å². The number of benzene rings is 1. The van der Waals surface area contributed by atoms with Crippen molar-refractivity contribution in [1.82, 2.24) is 0 Å².